The number of carbonyl (C=O) groups excluding carboxylic acids is 1. The number of esters is 1. The lowest BCUT2D eigenvalue weighted by molar-refractivity contribution is -2.00. The third-order valence-electron chi connectivity index (χ3n) is 2.74. The second-order valence-corrected chi connectivity index (χ2v) is 7.54. The van der Waals surface area contributed by atoms with E-state index in [-0.39, 0.29) is 12.1 Å². The first-order chi connectivity index (χ1) is 10.6. The molecule has 0 radical (unpaired) electrons. The standard InChI is InChI=1S/C13H22NO2S2.ClHO4/c1-4-11(2)16-12(15)7-5-6-8-14(3)13-17-9-10-18-13;2-1(3,4)5/h9-11H,4-8H2,1-3H3;(H,2,3,4,5)/q+1;/p-1. The molecule has 1 aromatic heterocycles. The predicted octanol–water partition coefficient (Wildman–Crippen LogP) is -2.03. The molecule has 0 saturated carbocycles. The second kappa shape index (κ2) is 11.9. The van der Waals surface area contributed by atoms with E-state index in [9.17, 15) is 4.79 Å². The molecule has 0 aliphatic heterocycles. The Morgan fingerprint density at radius 1 is 1.26 bits per heavy atom. The van der Waals surface area contributed by atoms with Crippen LogP contribution in [0.1, 0.15) is 39.5 Å². The van der Waals surface area contributed by atoms with Crippen LogP contribution in [0.2, 0.25) is 0 Å². The van der Waals surface area contributed by atoms with Gasteiger partial charge < -0.3 is 4.74 Å². The van der Waals surface area contributed by atoms with Crippen molar-refractivity contribution in [2.24, 2.45) is 0 Å². The molecule has 0 amide bonds. The lowest BCUT2D eigenvalue weighted by Gasteiger charge is -2.17. The van der Waals surface area contributed by atoms with E-state index in [0.29, 0.717) is 6.42 Å². The van der Waals surface area contributed by atoms with Gasteiger partial charge in [0.05, 0.1) is 6.10 Å². The van der Waals surface area contributed by atoms with E-state index in [1.54, 1.807) is 22.7 Å². The molecule has 0 fully saturated rings. The van der Waals surface area contributed by atoms with Gasteiger partial charge in [-0.15, -0.1) is 10.2 Å². The molecule has 1 atom stereocenters. The molecule has 7 nitrogen and oxygen atoms in total. The van der Waals surface area contributed by atoms with Crippen molar-refractivity contribution in [2.75, 3.05) is 13.6 Å². The molecule has 0 spiro atoms. The Bertz CT molecular complexity index is 488. The van der Waals surface area contributed by atoms with Crippen LogP contribution in [0.4, 0.5) is 0 Å². The molecular weight excluding hydrogens is 366 g/mol. The van der Waals surface area contributed by atoms with Gasteiger partial charge in [0.2, 0.25) is 0 Å². The molecule has 10 heteroatoms. The fourth-order valence-corrected chi connectivity index (χ4v) is 3.23. The highest BCUT2D eigenvalue weighted by Gasteiger charge is 2.08. The van der Waals surface area contributed by atoms with Gasteiger partial charge in [-0.2, -0.15) is 0 Å². The summed E-state index contributed by atoms with van der Waals surface area (Å²) in [5.74, 6) is -0.0639. The Morgan fingerprint density at radius 3 is 2.26 bits per heavy atom. The molecule has 1 heterocycles. The van der Waals surface area contributed by atoms with E-state index < -0.39 is 10.2 Å². The maximum absolute atomic E-state index is 11.5. The van der Waals surface area contributed by atoms with Crippen LogP contribution in [-0.2, 0) is 9.53 Å². The average Bonchev–Trinajstić information content (AvgIpc) is 2.95. The summed E-state index contributed by atoms with van der Waals surface area (Å²) < 4.78 is 42.8. The first-order valence-electron chi connectivity index (χ1n) is 7.01. The maximum Gasteiger partial charge on any atom is 0.313 e. The molecule has 0 N–H and O–H groups in total. The average molecular weight is 388 g/mol. The van der Waals surface area contributed by atoms with Gasteiger partial charge in [0.25, 0.3) is 0 Å². The van der Waals surface area contributed by atoms with Crippen LogP contribution in [0.15, 0.2) is 10.8 Å². The minimum absolute atomic E-state index is 0.0492. The van der Waals surface area contributed by atoms with Crippen molar-refractivity contribution < 1.29 is 38.4 Å². The molecule has 134 valence electrons. The van der Waals surface area contributed by atoms with E-state index in [4.69, 9.17) is 23.4 Å². The summed E-state index contributed by atoms with van der Waals surface area (Å²) in [4.78, 5) is 11.5. The normalized spacial score (nSPS) is 12.1. The van der Waals surface area contributed by atoms with Crippen molar-refractivity contribution >= 4 is 28.6 Å². The van der Waals surface area contributed by atoms with Crippen LogP contribution in [0.5, 0.6) is 0 Å². The molecule has 0 saturated heterocycles. The maximum atomic E-state index is 11.5. The minimum atomic E-state index is -4.94. The number of nitrogens with zero attached hydrogens (tertiary/aromatic N) is 1. The van der Waals surface area contributed by atoms with E-state index in [1.807, 2.05) is 13.8 Å². The zero-order chi connectivity index (χ0) is 17.9. The van der Waals surface area contributed by atoms with Gasteiger partial charge in [-0.3, -0.25) is 4.79 Å². The Morgan fingerprint density at radius 2 is 1.78 bits per heavy atom. The number of halogens is 1. The second-order valence-electron chi connectivity index (χ2n) is 4.74. The van der Waals surface area contributed by atoms with Crippen LogP contribution < -0.4 is 27.2 Å². The number of unbranched alkanes of at least 4 members (excludes halogenated alkanes) is 1. The van der Waals surface area contributed by atoms with Gasteiger partial charge in [0.15, 0.2) is 0 Å². The highest BCUT2D eigenvalue weighted by atomic mass is 35.7. The molecule has 0 bridgehead atoms. The fourth-order valence-electron chi connectivity index (χ4n) is 1.46. The van der Waals surface area contributed by atoms with Gasteiger partial charge in [-0.05, 0) is 19.8 Å². The molecule has 1 rings (SSSR count). The third kappa shape index (κ3) is 14.8. The van der Waals surface area contributed by atoms with Crippen molar-refractivity contribution in [1.82, 2.24) is 4.58 Å². The number of ether oxygens (including phenoxy) is 1. The Hall–Kier alpha value is -0.550. The third-order valence-corrected chi connectivity index (χ3v) is 5.06. The van der Waals surface area contributed by atoms with Crippen molar-refractivity contribution in [3.8, 4) is 0 Å². The summed E-state index contributed by atoms with van der Waals surface area (Å²) in [6.45, 7) is 4.95. The van der Waals surface area contributed by atoms with Crippen LogP contribution >= 0.6 is 22.7 Å². The molecule has 0 aliphatic rings. The molecule has 0 aromatic carbocycles. The SMILES string of the molecule is CCC(C)OC(=O)CCCC[N+](C)=c1sccs1.[O-][Cl+3]([O-])([O-])[O-]. The monoisotopic (exact) mass is 387 g/mol. The van der Waals surface area contributed by atoms with Crippen LogP contribution in [0, 0.1) is 10.2 Å². The smallest absolute Gasteiger partial charge is 0.313 e. The summed E-state index contributed by atoms with van der Waals surface area (Å²) >= 11 is 3.52. The summed E-state index contributed by atoms with van der Waals surface area (Å²) in [6.07, 6.45) is 3.39. The molecule has 23 heavy (non-hydrogen) atoms. The van der Waals surface area contributed by atoms with E-state index >= 15 is 0 Å². The summed E-state index contributed by atoms with van der Waals surface area (Å²) in [6, 6.07) is 0. The van der Waals surface area contributed by atoms with Crippen LogP contribution in [-0.4, -0.2) is 25.7 Å². The predicted molar refractivity (Wildman–Crippen MR) is 78.0 cm³/mol. The van der Waals surface area contributed by atoms with Crippen LogP contribution in [0.3, 0.4) is 0 Å². The first kappa shape index (κ1) is 22.4. The van der Waals surface area contributed by atoms with Crippen LogP contribution in [0.25, 0.3) is 0 Å². The lowest BCUT2D eigenvalue weighted by atomic mass is 10.2. The summed E-state index contributed by atoms with van der Waals surface area (Å²) in [7, 11) is -2.85. The van der Waals surface area contributed by atoms with E-state index in [1.165, 1.54) is 3.98 Å². The fraction of sp³-hybridized carbons (Fsp3) is 0.692. The zero-order valence-corrected chi connectivity index (χ0v) is 15.7. The van der Waals surface area contributed by atoms with Gasteiger partial charge in [-0.1, -0.05) is 29.6 Å². The van der Waals surface area contributed by atoms with Gasteiger partial charge in [0, 0.05) is 23.6 Å². The van der Waals surface area contributed by atoms with E-state index in [0.717, 1.165) is 25.8 Å². The highest BCUT2D eigenvalue weighted by molar-refractivity contribution is 7.24. The van der Waals surface area contributed by atoms with Crippen molar-refractivity contribution in [3.63, 3.8) is 0 Å². The minimum Gasteiger partial charge on any atom is -0.463 e. The van der Waals surface area contributed by atoms with Gasteiger partial charge >= 0.3 is 9.95 Å². The zero-order valence-electron chi connectivity index (χ0n) is 13.4. The number of hydrogen-bond acceptors (Lipinski definition) is 8. The molecule has 1 unspecified atom stereocenters. The quantitative estimate of drug-likeness (QED) is 0.302. The first-order valence-corrected chi connectivity index (χ1v) is 10.0. The summed E-state index contributed by atoms with van der Waals surface area (Å²) in [5, 5.41) is 4.19. The van der Waals surface area contributed by atoms with E-state index in [2.05, 4.69) is 22.4 Å². The number of hydrogen-bond donors (Lipinski definition) is 0. The Balaban J connectivity index is 0.000000841. The molecular formula is C13H22ClNO6S2. The highest BCUT2D eigenvalue weighted by Crippen LogP contribution is 2.02. The topological polar surface area (TPSA) is 122 Å². The molecule has 0 aliphatic carbocycles. The lowest BCUT2D eigenvalue weighted by Crippen LogP contribution is -2.68. The Kier molecular flexibility index (Phi) is 11.6. The van der Waals surface area contributed by atoms with Crippen molar-refractivity contribution in [3.05, 3.63) is 14.7 Å². The van der Waals surface area contributed by atoms with Crippen molar-refractivity contribution in [1.29, 1.82) is 0 Å². The molecule has 1 aromatic rings. The van der Waals surface area contributed by atoms with Gasteiger partial charge in [-0.25, -0.2) is 23.2 Å². The van der Waals surface area contributed by atoms with Gasteiger partial charge in [0.1, 0.15) is 13.6 Å². The largest absolute Gasteiger partial charge is 0.463 e. The number of rotatable bonds is 7. The number of carbonyl (C=O) groups is 1. The summed E-state index contributed by atoms with van der Waals surface area (Å²) in [5.41, 5.74) is 0. The van der Waals surface area contributed by atoms with Crippen molar-refractivity contribution in [2.45, 2.75) is 45.6 Å². The Labute approximate surface area is 145 Å².